The molecule has 5 nitrogen and oxygen atoms in total. The quantitative estimate of drug-likeness (QED) is 0.787. The molecule has 0 bridgehead atoms. The third kappa shape index (κ3) is 5.41. The van der Waals surface area contributed by atoms with Crippen LogP contribution in [0.4, 0.5) is 0 Å². The van der Waals surface area contributed by atoms with E-state index in [4.69, 9.17) is 0 Å². The number of nitrogens with one attached hydrogen (secondary N) is 1. The van der Waals surface area contributed by atoms with Gasteiger partial charge in [0.1, 0.15) is 0 Å². The Balaban J connectivity index is 1.91. The van der Waals surface area contributed by atoms with Gasteiger partial charge in [-0.05, 0) is 37.1 Å². The summed E-state index contributed by atoms with van der Waals surface area (Å²) in [7, 11) is -3.57. The molecule has 25 heavy (non-hydrogen) atoms. The number of benzene rings is 2. The van der Waals surface area contributed by atoms with Crippen LogP contribution < -0.4 is 4.72 Å². The fourth-order valence-electron chi connectivity index (χ4n) is 2.50. The molecule has 2 aromatic carbocycles. The Morgan fingerprint density at radius 3 is 2.32 bits per heavy atom. The van der Waals surface area contributed by atoms with Crippen LogP contribution in [0, 0.1) is 6.92 Å². The maximum absolute atomic E-state index is 12.4. The molecule has 0 aromatic heterocycles. The standard InChI is InChI=1S/C19H24N2O3S/c1-3-21(15-17-10-8-7-9-16(17)2)19(22)13-14-20-25(23,24)18-11-5-4-6-12-18/h4-12,20H,3,13-15H2,1-2H3. The molecule has 1 N–H and O–H groups in total. The van der Waals surface area contributed by atoms with Crippen molar-refractivity contribution in [3.8, 4) is 0 Å². The molecular formula is C19H24N2O3S. The molecule has 0 saturated carbocycles. The van der Waals surface area contributed by atoms with Crippen molar-refractivity contribution in [1.29, 1.82) is 0 Å². The minimum atomic E-state index is -3.57. The fraction of sp³-hybridized carbons (Fsp3) is 0.316. The van der Waals surface area contributed by atoms with Crippen molar-refractivity contribution in [2.75, 3.05) is 13.1 Å². The van der Waals surface area contributed by atoms with Crippen molar-refractivity contribution in [3.63, 3.8) is 0 Å². The summed E-state index contributed by atoms with van der Waals surface area (Å²) in [6.45, 7) is 5.14. The first-order valence-electron chi connectivity index (χ1n) is 8.31. The average Bonchev–Trinajstić information content (AvgIpc) is 2.61. The van der Waals surface area contributed by atoms with Gasteiger partial charge in [0.15, 0.2) is 0 Å². The van der Waals surface area contributed by atoms with E-state index in [2.05, 4.69) is 4.72 Å². The van der Waals surface area contributed by atoms with Gasteiger partial charge in [0, 0.05) is 26.1 Å². The second-order valence-electron chi connectivity index (χ2n) is 5.80. The van der Waals surface area contributed by atoms with Crippen LogP contribution in [0.1, 0.15) is 24.5 Å². The van der Waals surface area contributed by atoms with Gasteiger partial charge in [-0.3, -0.25) is 4.79 Å². The second-order valence-corrected chi connectivity index (χ2v) is 7.56. The maximum Gasteiger partial charge on any atom is 0.240 e. The maximum atomic E-state index is 12.4. The number of rotatable bonds is 8. The third-order valence-electron chi connectivity index (χ3n) is 4.04. The van der Waals surface area contributed by atoms with Gasteiger partial charge >= 0.3 is 0 Å². The summed E-state index contributed by atoms with van der Waals surface area (Å²) in [5, 5.41) is 0. The SMILES string of the molecule is CCN(Cc1ccccc1C)C(=O)CCNS(=O)(=O)c1ccccc1. The number of sulfonamides is 1. The number of carbonyl (C=O) groups is 1. The average molecular weight is 360 g/mol. The second kappa shape index (κ2) is 8.78. The Morgan fingerprint density at radius 2 is 1.68 bits per heavy atom. The number of aryl methyl sites for hydroxylation is 1. The van der Waals surface area contributed by atoms with Crippen LogP contribution in [-0.2, 0) is 21.4 Å². The molecule has 0 aliphatic heterocycles. The number of hydrogen-bond donors (Lipinski definition) is 1. The molecule has 0 unspecified atom stereocenters. The van der Waals surface area contributed by atoms with Crippen molar-refractivity contribution >= 4 is 15.9 Å². The molecule has 134 valence electrons. The van der Waals surface area contributed by atoms with E-state index in [1.54, 1.807) is 23.1 Å². The fourth-order valence-corrected chi connectivity index (χ4v) is 3.56. The zero-order valence-corrected chi connectivity index (χ0v) is 15.4. The minimum Gasteiger partial charge on any atom is -0.339 e. The normalized spacial score (nSPS) is 11.3. The molecular weight excluding hydrogens is 336 g/mol. The van der Waals surface area contributed by atoms with Gasteiger partial charge in [-0.1, -0.05) is 42.5 Å². The molecule has 0 heterocycles. The van der Waals surface area contributed by atoms with Gasteiger partial charge in [-0.15, -0.1) is 0 Å². The van der Waals surface area contributed by atoms with Crippen LogP contribution >= 0.6 is 0 Å². The lowest BCUT2D eigenvalue weighted by atomic mass is 10.1. The van der Waals surface area contributed by atoms with E-state index in [1.807, 2.05) is 38.1 Å². The Hall–Kier alpha value is -2.18. The smallest absolute Gasteiger partial charge is 0.240 e. The Labute approximate surface area is 149 Å². The van der Waals surface area contributed by atoms with E-state index in [0.29, 0.717) is 13.1 Å². The van der Waals surface area contributed by atoms with Crippen LogP contribution in [0.2, 0.25) is 0 Å². The summed E-state index contributed by atoms with van der Waals surface area (Å²) < 4.78 is 26.8. The van der Waals surface area contributed by atoms with Gasteiger partial charge in [0.25, 0.3) is 0 Å². The zero-order valence-electron chi connectivity index (χ0n) is 14.6. The van der Waals surface area contributed by atoms with Crippen LogP contribution in [0.25, 0.3) is 0 Å². The van der Waals surface area contributed by atoms with E-state index in [0.717, 1.165) is 11.1 Å². The molecule has 0 radical (unpaired) electrons. The summed E-state index contributed by atoms with van der Waals surface area (Å²) >= 11 is 0. The number of carbonyl (C=O) groups excluding carboxylic acids is 1. The summed E-state index contributed by atoms with van der Waals surface area (Å²) in [6.07, 6.45) is 0.131. The molecule has 2 aromatic rings. The monoisotopic (exact) mass is 360 g/mol. The van der Waals surface area contributed by atoms with Crippen molar-refractivity contribution in [3.05, 3.63) is 65.7 Å². The van der Waals surface area contributed by atoms with E-state index in [-0.39, 0.29) is 23.8 Å². The molecule has 0 fully saturated rings. The van der Waals surface area contributed by atoms with Gasteiger partial charge in [0.2, 0.25) is 15.9 Å². The molecule has 6 heteroatoms. The summed E-state index contributed by atoms with van der Waals surface area (Å²) in [4.78, 5) is 14.3. The van der Waals surface area contributed by atoms with Gasteiger partial charge in [-0.25, -0.2) is 13.1 Å². The lowest BCUT2D eigenvalue weighted by molar-refractivity contribution is -0.131. The van der Waals surface area contributed by atoms with E-state index >= 15 is 0 Å². The number of amides is 1. The molecule has 2 rings (SSSR count). The highest BCUT2D eigenvalue weighted by Gasteiger charge is 2.16. The first kappa shape index (κ1) is 19.1. The molecule has 0 aliphatic carbocycles. The summed E-state index contributed by atoms with van der Waals surface area (Å²) in [5.74, 6) is -0.0680. The van der Waals surface area contributed by atoms with Crippen molar-refractivity contribution < 1.29 is 13.2 Å². The van der Waals surface area contributed by atoms with Crippen LogP contribution in [0.5, 0.6) is 0 Å². The van der Waals surface area contributed by atoms with E-state index < -0.39 is 10.0 Å². The van der Waals surface area contributed by atoms with Crippen LogP contribution in [0.3, 0.4) is 0 Å². The predicted molar refractivity (Wildman–Crippen MR) is 98.5 cm³/mol. The van der Waals surface area contributed by atoms with Crippen LogP contribution in [-0.4, -0.2) is 32.3 Å². The van der Waals surface area contributed by atoms with Gasteiger partial charge in [-0.2, -0.15) is 0 Å². The van der Waals surface area contributed by atoms with E-state index in [1.165, 1.54) is 12.1 Å². The van der Waals surface area contributed by atoms with Crippen molar-refractivity contribution in [2.45, 2.75) is 31.7 Å². The topological polar surface area (TPSA) is 66.5 Å². The minimum absolute atomic E-state index is 0.0680. The molecule has 0 atom stereocenters. The lowest BCUT2D eigenvalue weighted by Gasteiger charge is -2.22. The molecule has 0 saturated heterocycles. The van der Waals surface area contributed by atoms with Gasteiger partial charge < -0.3 is 4.90 Å². The largest absolute Gasteiger partial charge is 0.339 e. The Kier molecular flexibility index (Phi) is 6.73. The first-order chi connectivity index (χ1) is 11.9. The highest BCUT2D eigenvalue weighted by atomic mass is 32.2. The number of nitrogens with zero attached hydrogens (tertiary/aromatic N) is 1. The number of hydrogen-bond acceptors (Lipinski definition) is 3. The third-order valence-corrected chi connectivity index (χ3v) is 5.52. The highest BCUT2D eigenvalue weighted by Crippen LogP contribution is 2.11. The summed E-state index contributed by atoms with van der Waals surface area (Å²) in [5.41, 5.74) is 2.24. The molecule has 1 amide bonds. The Morgan fingerprint density at radius 1 is 1.04 bits per heavy atom. The van der Waals surface area contributed by atoms with Crippen molar-refractivity contribution in [2.24, 2.45) is 0 Å². The Bertz CT molecular complexity index is 804. The lowest BCUT2D eigenvalue weighted by Crippen LogP contribution is -2.34. The van der Waals surface area contributed by atoms with Crippen LogP contribution in [0.15, 0.2) is 59.5 Å². The van der Waals surface area contributed by atoms with E-state index in [9.17, 15) is 13.2 Å². The summed E-state index contributed by atoms with van der Waals surface area (Å²) in [6, 6.07) is 16.1. The molecule has 0 aliphatic rings. The zero-order chi connectivity index (χ0) is 18.3. The molecule has 0 spiro atoms. The van der Waals surface area contributed by atoms with Crippen molar-refractivity contribution in [1.82, 2.24) is 9.62 Å². The first-order valence-corrected chi connectivity index (χ1v) is 9.79. The highest BCUT2D eigenvalue weighted by molar-refractivity contribution is 7.89. The predicted octanol–water partition coefficient (Wildman–Crippen LogP) is 2.71. The van der Waals surface area contributed by atoms with Gasteiger partial charge in [0.05, 0.1) is 4.90 Å².